The molecule has 0 saturated heterocycles. The molecule has 1 atom stereocenters. The van der Waals surface area contributed by atoms with Crippen molar-refractivity contribution in [1.29, 1.82) is 0 Å². The predicted octanol–water partition coefficient (Wildman–Crippen LogP) is 4.06. The molecule has 1 aliphatic rings. The number of benzene rings is 1. The molecule has 0 amide bonds. The lowest BCUT2D eigenvalue weighted by atomic mass is 9.78. The van der Waals surface area contributed by atoms with Crippen molar-refractivity contribution in [3.8, 4) is 0 Å². The third kappa shape index (κ3) is 3.81. The third-order valence-corrected chi connectivity index (χ3v) is 4.03. The molecule has 0 aromatic heterocycles. The molecule has 0 spiro atoms. The SMILES string of the molecule is CC(N)(Cc1ccccc1F)CC1CCCCC1. The van der Waals surface area contributed by atoms with Gasteiger partial charge in [0.1, 0.15) is 5.82 Å². The second-order valence-electron chi connectivity index (χ2n) is 6.13. The first kappa shape index (κ1) is 13.5. The van der Waals surface area contributed by atoms with Crippen LogP contribution in [0.25, 0.3) is 0 Å². The number of rotatable bonds is 4. The van der Waals surface area contributed by atoms with Gasteiger partial charge in [-0.15, -0.1) is 0 Å². The van der Waals surface area contributed by atoms with E-state index in [0.717, 1.165) is 17.9 Å². The van der Waals surface area contributed by atoms with Crippen LogP contribution in [0.3, 0.4) is 0 Å². The zero-order valence-corrected chi connectivity index (χ0v) is 11.3. The summed E-state index contributed by atoms with van der Waals surface area (Å²) < 4.78 is 13.6. The van der Waals surface area contributed by atoms with Crippen LogP contribution in [0.1, 0.15) is 51.0 Å². The Morgan fingerprint density at radius 3 is 2.56 bits per heavy atom. The van der Waals surface area contributed by atoms with E-state index in [4.69, 9.17) is 5.73 Å². The molecule has 1 aromatic carbocycles. The molecule has 0 aliphatic heterocycles. The average Bonchev–Trinajstić information content (AvgIpc) is 2.32. The summed E-state index contributed by atoms with van der Waals surface area (Å²) in [5, 5.41) is 0. The number of hydrogen-bond donors (Lipinski definition) is 1. The van der Waals surface area contributed by atoms with Crippen LogP contribution in [0.2, 0.25) is 0 Å². The summed E-state index contributed by atoms with van der Waals surface area (Å²) in [6.45, 7) is 2.06. The van der Waals surface area contributed by atoms with Crippen LogP contribution < -0.4 is 5.73 Å². The highest BCUT2D eigenvalue weighted by molar-refractivity contribution is 5.19. The van der Waals surface area contributed by atoms with Gasteiger partial charge in [-0.05, 0) is 37.3 Å². The summed E-state index contributed by atoms with van der Waals surface area (Å²) in [5.41, 5.74) is 6.84. The number of halogens is 1. The Labute approximate surface area is 110 Å². The molecule has 2 rings (SSSR count). The maximum atomic E-state index is 13.6. The maximum Gasteiger partial charge on any atom is 0.126 e. The first-order valence-corrected chi connectivity index (χ1v) is 7.09. The smallest absolute Gasteiger partial charge is 0.126 e. The van der Waals surface area contributed by atoms with Crippen LogP contribution in [0.15, 0.2) is 24.3 Å². The molecule has 1 unspecified atom stereocenters. The van der Waals surface area contributed by atoms with Gasteiger partial charge in [0, 0.05) is 5.54 Å². The number of hydrogen-bond acceptors (Lipinski definition) is 1. The first-order chi connectivity index (χ1) is 8.57. The van der Waals surface area contributed by atoms with Gasteiger partial charge >= 0.3 is 0 Å². The zero-order chi connectivity index (χ0) is 13.0. The molecule has 1 fully saturated rings. The van der Waals surface area contributed by atoms with E-state index >= 15 is 0 Å². The fraction of sp³-hybridized carbons (Fsp3) is 0.625. The van der Waals surface area contributed by atoms with Crippen molar-refractivity contribution in [2.45, 2.75) is 57.4 Å². The Morgan fingerprint density at radius 1 is 1.22 bits per heavy atom. The molecule has 1 aromatic rings. The molecule has 1 nitrogen and oxygen atoms in total. The molecule has 1 saturated carbocycles. The Kier molecular flexibility index (Phi) is 4.39. The molecule has 0 radical (unpaired) electrons. The van der Waals surface area contributed by atoms with E-state index in [1.807, 2.05) is 12.1 Å². The van der Waals surface area contributed by atoms with Gasteiger partial charge in [0.2, 0.25) is 0 Å². The summed E-state index contributed by atoms with van der Waals surface area (Å²) in [4.78, 5) is 0. The lowest BCUT2D eigenvalue weighted by molar-refractivity contribution is 0.267. The van der Waals surface area contributed by atoms with Crippen molar-refractivity contribution in [2.24, 2.45) is 11.7 Å². The normalized spacial score (nSPS) is 20.6. The lowest BCUT2D eigenvalue weighted by Gasteiger charge is -2.32. The minimum Gasteiger partial charge on any atom is -0.325 e. The van der Waals surface area contributed by atoms with Crippen molar-refractivity contribution in [3.05, 3.63) is 35.6 Å². The summed E-state index contributed by atoms with van der Waals surface area (Å²) in [7, 11) is 0. The van der Waals surface area contributed by atoms with Crippen LogP contribution >= 0.6 is 0 Å². The maximum absolute atomic E-state index is 13.6. The fourth-order valence-corrected chi connectivity index (χ4v) is 3.20. The molecule has 18 heavy (non-hydrogen) atoms. The number of nitrogens with two attached hydrogens (primary N) is 1. The Morgan fingerprint density at radius 2 is 1.89 bits per heavy atom. The van der Waals surface area contributed by atoms with E-state index in [0.29, 0.717) is 6.42 Å². The monoisotopic (exact) mass is 249 g/mol. The largest absolute Gasteiger partial charge is 0.325 e. The molecular formula is C16H24FN. The molecule has 1 aliphatic carbocycles. The molecule has 2 heteroatoms. The van der Waals surface area contributed by atoms with E-state index in [9.17, 15) is 4.39 Å². The van der Waals surface area contributed by atoms with Crippen LogP contribution in [0.4, 0.5) is 4.39 Å². The molecule has 100 valence electrons. The fourth-order valence-electron chi connectivity index (χ4n) is 3.20. The van der Waals surface area contributed by atoms with Gasteiger partial charge in [-0.25, -0.2) is 4.39 Å². The lowest BCUT2D eigenvalue weighted by Crippen LogP contribution is -2.41. The van der Waals surface area contributed by atoms with Crippen molar-refractivity contribution in [1.82, 2.24) is 0 Å². The summed E-state index contributed by atoms with van der Waals surface area (Å²) in [6, 6.07) is 6.98. The minimum atomic E-state index is -0.288. The molecule has 0 heterocycles. The highest BCUT2D eigenvalue weighted by atomic mass is 19.1. The van der Waals surface area contributed by atoms with Crippen LogP contribution in [0.5, 0.6) is 0 Å². The molecule has 2 N–H and O–H groups in total. The van der Waals surface area contributed by atoms with E-state index in [1.54, 1.807) is 6.07 Å². The van der Waals surface area contributed by atoms with E-state index in [1.165, 1.54) is 38.2 Å². The van der Waals surface area contributed by atoms with Gasteiger partial charge in [-0.1, -0.05) is 50.3 Å². The van der Waals surface area contributed by atoms with Crippen LogP contribution in [-0.2, 0) is 6.42 Å². The van der Waals surface area contributed by atoms with E-state index in [-0.39, 0.29) is 11.4 Å². The van der Waals surface area contributed by atoms with Gasteiger partial charge in [0.25, 0.3) is 0 Å². The van der Waals surface area contributed by atoms with Gasteiger partial charge in [0.05, 0.1) is 0 Å². The highest BCUT2D eigenvalue weighted by Crippen LogP contribution is 2.31. The van der Waals surface area contributed by atoms with Gasteiger partial charge in [-0.2, -0.15) is 0 Å². The van der Waals surface area contributed by atoms with E-state index in [2.05, 4.69) is 6.92 Å². The van der Waals surface area contributed by atoms with Crippen molar-refractivity contribution in [2.75, 3.05) is 0 Å². The Balaban J connectivity index is 1.96. The van der Waals surface area contributed by atoms with Crippen molar-refractivity contribution < 1.29 is 4.39 Å². The van der Waals surface area contributed by atoms with E-state index < -0.39 is 0 Å². The quantitative estimate of drug-likeness (QED) is 0.855. The van der Waals surface area contributed by atoms with Crippen LogP contribution in [-0.4, -0.2) is 5.54 Å². The average molecular weight is 249 g/mol. The molecule has 0 bridgehead atoms. The van der Waals surface area contributed by atoms with Gasteiger partial charge < -0.3 is 5.73 Å². The topological polar surface area (TPSA) is 26.0 Å². The van der Waals surface area contributed by atoms with Gasteiger partial charge in [-0.3, -0.25) is 0 Å². The van der Waals surface area contributed by atoms with Gasteiger partial charge in [0.15, 0.2) is 0 Å². The Hall–Kier alpha value is -0.890. The molecular weight excluding hydrogens is 225 g/mol. The summed E-state index contributed by atoms with van der Waals surface area (Å²) in [5.74, 6) is 0.610. The second kappa shape index (κ2) is 5.83. The van der Waals surface area contributed by atoms with Crippen molar-refractivity contribution >= 4 is 0 Å². The third-order valence-electron chi connectivity index (χ3n) is 4.03. The van der Waals surface area contributed by atoms with Crippen molar-refractivity contribution in [3.63, 3.8) is 0 Å². The Bertz CT molecular complexity index is 380. The predicted molar refractivity (Wildman–Crippen MR) is 73.9 cm³/mol. The highest BCUT2D eigenvalue weighted by Gasteiger charge is 2.26. The standard InChI is InChI=1S/C16H24FN/c1-16(18,11-13-7-3-2-4-8-13)12-14-9-5-6-10-15(14)17/h5-6,9-10,13H,2-4,7-8,11-12,18H2,1H3. The summed E-state index contributed by atoms with van der Waals surface area (Å²) >= 11 is 0. The minimum absolute atomic E-state index is 0.127. The first-order valence-electron chi connectivity index (χ1n) is 7.09. The summed E-state index contributed by atoms with van der Waals surface area (Å²) in [6.07, 6.45) is 8.28. The second-order valence-corrected chi connectivity index (χ2v) is 6.13. The van der Waals surface area contributed by atoms with Crippen LogP contribution in [0, 0.1) is 11.7 Å². The zero-order valence-electron chi connectivity index (χ0n) is 11.3.